The van der Waals surface area contributed by atoms with Crippen LogP contribution in [0, 0.1) is 11.8 Å². The maximum absolute atomic E-state index is 11.4. The van der Waals surface area contributed by atoms with Crippen molar-refractivity contribution in [1.82, 2.24) is 20.2 Å². The van der Waals surface area contributed by atoms with E-state index in [-0.39, 0.29) is 5.92 Å². The third-order valence-corrected chi connectivity index (χ3v) is 3.05. The first-order valence-corrected chi connectivity index (χ1v) is 6.46. The molecule has 0 aliphatic rings. The summed E-state index contributed by atoms with van der Waals surface area (Å²) >= 11 is 0. The van der Waals surface area contributed by atoms with Gasteiger partial charge in [0.05, 0.1) is 5.92 Å². The Morgan fingerprint density at radius 3 is 2.56 bits per heavy atom. The molecule has 1 heterocycles. The fourth-order valence-electron chi connectivity index (χ4n) is 2.12. The van der Waals surface area contributed by atoms with Crippen molar-refractivity contribution < 1.29 is 9.90 Å². The van der Waals surface area contributed by atoms with Gasteiger partial charge in [0.2, 0.25) is 0 Å². The lowest BCUT2D eigenvalue weighted by atomic mass is 9.86. The standard InChI is InChI=1S/C12H22N4O2/c1-5-6-16-11(13-14-15-16)9(4)10(12(17)18)7-8(2)3/h8-10H,5-7H2,1-4H3,(H,17,18)/t9-,10-/m1/s1. The van der Waals surface area contributed by atoms with Crippen LogP contribution in [-0.4, -0.2) is 31.3 Å². The molecule has 0 unspecified atom stereocenters. The van der Waals surface area contributed by atoms with Crippen molar-refractivity contribution in [2.75, 3.05) is 0 Å². The van der Waals surface area contributed by atoms with E-state index < -0.39 is 11.9 Å². The molecule has 0 aromatic carbocycles. The van der Waals surface area contributed by atoms with Gasteiger partial charge in [-0.05, 0) is 29.2 Å². The predicted octanol–water partition coefficient (Wildman–Crippen LogP) is 1.93. The van der Waals surface area contributed by atoms with Crippen LogP contribution >= 0.6 is 0 Å². The molecule has 0 aliphatic carbocycles. The molecule has 0 saturated heterocycles. The van der Waals surface area contributed by atoms with Crippen LogP contribution in [0.25, 0.3) is 0 Å². The molecule has 0 amide bonds. The van der Waals surface area contributed by atoms with Gasteiger partial charge >= 0.3 is 5.97 Å². The number of aromatic nitrogens is 4. The Hall–Kier alpha value is -1.46. The van der Waals surface area contributed by atoms with Gasteiger partial charge in [0.15, 0.2) is 5.82 Å². The third kappa shape index (κ3) is 3.51. The number of hydrogen-bond acceptors (Lipinski definition) is 4. The van der Waals surface area contributed by atoms with Crippen molar-refractivity contribution >= 4 is 5.97 Å². The van der Waals surface area contributed by atoms with E-state index in [1.54, 1.807) is 4.68 Å². The molecule has 0 radical (unpaired) electrons. The lowest BCUT2D eigenvalue weighted by molar-refractivity contribution is -0.143. The summed E-state index contributed by atoms with van der Waals surface area (Å²) in [6.45, 7) is 8.70. The molecule has 0 aliphatic heterocycles. The molecule has 18 heavy (non-hydrogen) atoms. The predicted molar refractivity (Wildman–Crippen MR) is 67.1 cm³/mol. The maximum atomic E-state index is 11.4. The molecule has 1 N–H and O–H groups in total. The number of carbonyl (C=O) groups is 1. The number of tetrazole rings is 1. The molecule has 1 aromatic rings. The Morgan fingerprint density at radius 2 is 2.06 bits per heavy atom. The second-order valence-corrected chi connectivity index (χ2v) is 5.12. The largest absolute Gasteiger partial charge is 0.481 e. The third-order valence-electron chi connectivity index (χ3n) is 3.05. The molecule has 6 nitrogen and oxygen atoms in total. The number of carboxylic acids is 1. The van der Waals surface area contributed by atoms with Crippen molar-refractivity contribution in [1.29, 1.82) is 0 Å². The first kappa shape index (κ1) is 14.6. The Kier molecular flexibility index (Phi) is 5.25. The highest BCUT2D eigenvalue weighted by Crippen LogP contribution is 2.28. The van der Waals surface area contributed by atoms with Gasteiger partial charge < -0.3 is 5.11 Å². The highest BCUT2D eigenvalue weighted by atomic mass is 16.4. The zero-order chi connectivity index (χ0) is 13.7. The SMILES string of the molecule is CCCn1nnnc1[C@H](C)[C@@H](CC(C)C)C(=O)O. The molecule has 0 saturated carbocycles. The number of nitrogens with zero attached hydrogens (tertiary/aromatic N) is 4. The summed E-state index contributed by atoms with van der Waals surface area (Å²) in [4.78, 5) is 11.4. The lowest BCUT2D eigenvalue weighted by Crippen LogP contribution is -2.24. The fourth-order valence-corrected chi connectivity index (χ4v) is 2.12. The van der Waals surface area contributed by atoms with E-state index in [0.717, 1.165) is 13.0 Å². The van der Waals surface area contributed by atoms with E-state index in [2.05, 4.69) is 15.5 Å². The second kappa shape index (κ2) is 6.47. The summed E-state index contributed by atoms with van der Waals surface area (Å²) in [7, 11) is 0. The molecule has 102 valence electrons. The highest BCUT2D eigenvalue weighted by Gasteiger charge is 2.30. The molecule has 1 aromatic heterocycles. The van der Waals surface area contributed by atoms with Crippen molar-refractivity contribution in [3.63, 3.8) is 0 Å². The van der Waals surface area contributed by atoms with Crippen molar-refractivity contribution in [3.05, 3.63) is 5.82 Å². The van der Waals surface area contributed by atoms with Crippen LogP contribution in [0.1, 0.15) is 52.3 Å². The lowest BCUT2D eigenvalue weighted by Gasteiger charge is -2.21. The van der Waals surface area contributed by atoms with Gasteiger partial charge in [0.25, 0.3) is 0 Å². The average Bonchev–Trinajstić information content (AvgIpc) is 2.73. The van der Waals surface area contributed by atoms with Gasteiger partial charge in [-0.2, -0.15) is 0 Å². The smallest absolute Gasteiger partial charge is 0.307 e. The quantitative estimate of drug-likeness (QED) is 0.804. The van der Waals surface area contributed by atoms with Crippen LogP contribution in [0.4, 0.5) is 0 Å². The first-order chi connectivity index (χ1) is 8.47. The molecular formula is C12H22N4O2. The summed E-state index contributed by atoms with van der Waals surface area (Å²) in [6, 6.07) is 0. The van der Waals surface area contributed by atoms with Gasteiger partial charge in [-0.25, -0.2) is 4.68 Å². The summed E-state index contributed by atoms with van der Waals surface area (Å²) in [5, 5.41) is 20.9. The monoisotopic (exact) mass is 254 g/mol. The van der Waals surface area contributed by atoms with Gasteiger partial charge in [0, 0.05) is 12.5 Å². The van der Waals surface area contributed by atoms with Crippen molar-refractivity contribution in [3.8, 4) is 0 Å². The fraction of sp³-hybridized carbons (Fsp3) is 0.833. The van der Waals surface area contributed by atoms with E-state index in [1.165, 1.54) is 0 Å². The van der Waals surface area contributed by atoms with Gasteiger partial charge in [0.1, 0.15) is 0 Å². The normalized spacial score (nSPS) is 14.7. The topological polar surface area (TPSA) is 80.9 Å². The van der Waals surface area contributed by atoms with E-state index >= 15 is 0 Å². The number of aryl methyl sites for hydroxylation is 1. The molecule has 0 fully saturated rings. The maximum Gasteiger partial charge on any atom is 0.307 e. The van der Waals surface area contributed by atoms with E-state index in [4.69, 9.17) is 0 Å². The molecule has 2 atom stereocenters. The zero-order valence-corrected chi connectivity index (χ0v) is 11.5. The summed E-state index contributed by atoms with van der Waals surface area (Å²) in [5.41, 5.74) is 0. The number of hydrogen-bond donors (Lipinski definition) is 1. The molecule has 6 heteroatoms. The van der Waals surface area contributed by atoms with E-state index in [0.29, 0.717) is 18.2 Å². The van der Waals surface area contributed by atoms with Crippen LogP contribution in [0.3, 0.4) is 0 Å². The molecule has 0 bridgehead atoms. The Labute approximate surface area is 107 Å². The van der Waals surface area contributed by atoms with Gasteiger partial charge in [-0.1, -0.05) is 27.7 Å². The average molecular weight is 254 g/mol. The minimum atomic E-state index is -0.776. The molecular weight excluding hydrogens is 232 g/mol. The van der Waals surface area contributed by atoms with Gasteiger partial charge in [-0.3, -0.25) is 4.79 Å². The molecule has 1 rings (SSSR count). The Bertz CT molecular complexity index is 389. The summed E-state index contributed by atoms with van der Waals surface area (Å²) < 4.78 is 1.71. The Morgan fingerprint density at radius 1 is 1.39 bits per heavy atom. The van der Waals surface area contributed by atoms with Crippen LogP contribution in [0.15, 0.2) is 0 Å². The minimum absolute atomic E-state index is 0.175. The van der Waals surface area contributed by atoms with E-state index in [9.17, 15) is 9.90 Å². The number of rotatable bonds is 7. The minimum Gasteiger partial charge on any atom is -0.481 e. The van der Waals surface area contributed by atoms with E-state index in [1.807, 2.05) is 27.7 Å². The van der Waals surface area contributed by atoms with Crippen molar-refractivity contribution in [2.24, 2.45) is 11.8 Å². The zero-order valence-electron chi connectivity index (χ0n) is 11.5. The Balaban J connectivity index is 2.90. The summed E-state index contributed by atoms with van der Waals surface area (Å²) in [6.07, 6.45) is 1.56. The van der Waals surface area contributed by atoms with Crippen molar-refractivity contribution in [2.45, 2.75) is 53.0 Å². The summed E-state index contributed by atoms with van der Waals surface area (Å²) in [5.74, 6) is -0.380. The number of aliphatic carboxylic acids is 1. The highest BCUT2D eigenvalue weighted by molar-refractivity contribution is 5.71. The first-order valence-electron chi connectivity index (χ1n) is 6.46. The number of carboxylic acid groups (broad SMARTS) is 1. The van der Waals surface area contributed by atoms with Crippen LogP contribution in [-0.2, 0) is 11.3 Å². The van der Waals surface area contributed by atoms with Crippen LogP contribution in [0.5, 0.6) is 0 Å². The van der Waals surface area contributed by atoms with Crippen LogP contribution < -0.4 is 0 Å². The van der Waals surface area contributed by atoms with Gasteiger partial charge in [-0.15, -0.1) is 5.10 Å². The van der Waals surface area contributed by atoms with Crippen LogP contribution in [0.2, 0.25) is 0 Å². The molecule has 0 spiro atoms. The second-order valence-electron chi connectivity index (χ2n) is 5.12.